The second-order valence-corrected chi connectivity index (χ2v) is 1.66. The average Bonchev–Trinajstić information content (AvgIpc) is 1.89. The molecule has 1 aliphatic rings. The van der Waals surface area contributed by atoms with Crippen LogP contribution in [0.25, 0.3) is 0 Å². The second kappa shape index (κ2) is 2.29. The number of nitrogens with one attached hydrogen (secondary N) is 1. The fraction of sp³-hybridized carbons (Fsp3) is 0.167. The van der Waals surface area contributed by atoms with E-state index in [4.69, 9.17) is 0 Å². The molecule has 0 saturated heterocycles. The molecular formula is C6H5NO2. The van der Waals surface area contributed by atoms with Crippen LogP contribution in [0, 0.1) is 0 Å². The first kappa shape index (κ1) is 5.79. The molecule has 46 valence electrons. The third-order valence-corrected chi connectivity index (χ3v) is 1.05. The zero-order valence-electron chi connectivity index (χ0n) is 4.68. The number of hydrogen-bond donors (Lipinski definition) is 1. The van der Waals surface area contributed by atoms with E-state index in [0.29, 0.717) is 6.42 Å². The van der Waals surface area contributed by atoms with Gasteiger partial charge in [-0.3, -0.25) is 4.79 Å². The molecule has 1 heterocycles. The molecule has 0 aromatic rings. The SMILES string of the molecule is O=C=C1CC=CNC1=O. The molecule has 9 heavy (non-hydrogen) atoms. The van der Waals surface area contributed by atoms with Crippen LogP contribution in [0.5, 0.6) is 0 Å². The van der Waals surface area contributed by atoms with E-state index in [1.54, 1.807) is 12.0 Å². The molecule has 0 radical (unpaired) electrons. The Morgan fingerprint density at radius 3 is 2.89 bits per heavy atom. The molecule has 3 nitrogen and oxygen atoms in total. The van der Waals surface area contributed by atoms with Gasteiger partial charge in [-0.1, -0.05) is 6.08 Å². The molecule has 1 amide bonds. The van der Waals surface area contributed by atoms with Crippen LogP contribution in [0.3, 0.4) is 0 Å². The molecule has 0 fully saturated rings. The Labute approximate surface area is 52.1 Å². The minimum Gasteiger partial charge on any atom is -0.329 e. The highest BCUT2D eigenvalue weighted by molar-refractivity contribution is 6.02. The molecule has 0 atom stereocenters. The van der Waals surface area contributed by atoms with E-state index in [2.05, 4.69) is 5.32 Å². The highest BCUT2D eigenvalue weighted by atomic mass is 16.2. The van der Waals surface area contributed by atoms with Gasteiger partial charge in [-0.15, -0.1) is 0 Å². The van der Waals surface area contributed by atoms with Gasteiger partial charge in [0.2, 0.25) is 0 Å². The monoisotopic (exact) mass is 123 g/mol. The van der Waals surface area contributed by atoms with E-state index in [-0.39, 0.29) is 11.5 Å². The maximum absolute atomic E-state index is 10.6. The van der Waals surface area contributed by atoms with Gasteiger partial charge in [0.25, 0.3) is 5.91 Å². The second-order valence-electron chi connectivity index (χ2n) is 1.66. The summed E-state index contributed by atoms with van der Waals surface area (Å²) in [5.74, 6) is 1.22. The molecule has 1 aliphatic heterocycles. The van der Waals surface area contributed by atoms with Crippen LogP contribution < -0.4 is 5.32 Å². The number of allylic oxidation sites excluding steroid dienone is 1. The lowest BCUT2D eigenvalue weighted by Gasteiger charge is -2.02. The largest absolute Gasteiger partial charge is 0.329 e. The van der Waals surface area contributed by atoms with E-state index >= 15 is 0 Å². The van der Waals surface area contributed by atoms with Crippen LogP contribution in [0.15, 0.2) is 17.8 Å². The Morgan fingerprint density at radius 2 is 2.44 bits per heavy atom. The van der Waals surface area contributed by atoms with Gasteiger partial charge in [0, 0.05) is 12.6 Å². The molecule has 0 aromatic carbocycles. The summed E-state index contributed by atoms with van der Waals surface area (Å²) in [5, 5.41) is 2.36. The fourth-order valence-corrected chi connectivity index (χ4v) is 0.579. The average molecular weight is 123 g/mol. The predicted octanol–water partition coefficient (Wildman–Crippen LogP) is -0.222. The molecular weight excluding hydrogens is 118 g/mol. The van der Waals surface area contributed by atoms with Crippen LogP contribution in [0.1, 0.15) is 6.42 Å². The van der Waals surface area contributed by atoms with Crippen LogP contribution in [-0.4, -0.2) is 11.8 Å². The van der Waals surface area contributed by atoms with Gasteiger partial charge in [0.1, 0.15) is 11.5 Å². The Balaban J connectivity index is 2.88. The topological polar surface area (TPSA) is 46.2 Å². The van der Waals surface area contributed by atoms with Crippen molar-refractivity contribution < 1.29 is 9.59 Å². The van der Waals surface area contributed by atoms with Gasteiger partial charge in [0.05, 0.1) is 0 Å². The predicted molar refractivity (Wildman–Crippen MR) is 31.1 cm³/mol. The lowest BCUT2D eigenvalue weighted by Crippen LogP contribution is -2.22. The molecule has 0 spiro atoms. The first-order valence-electron chi connectivity index (χ1n) is 2.54. The van der Waals surface area contributed by atoms with Crippen molar-refractivity contribution in [3.05, 3.63) is 17.8 Å². The van der Waals surface area contributed by atoms with Crippen LogP contribution >= 0.6 is 0 Å². The first-order chi connectivity index (χ1) is 4.34. The van der Waals surface area contributed by atoms with Crippen molar-refractivity contribution in [1.29, 1.82) is 0 Å². The van der Waals surface area contributed by atoms with Crippen molar-refractivity contribution >= 4 is 11.8 Å². The van der Waals surface area contributed by atoms with Gasteiger partial charge < -0.3 is 5.32 Å². The molecule has 0 aromatic heterocycles. The third-order valence-electron chi connectivity index (χ3n) is 1.05. The van der Waals surface area contributed by atoms with Crippen molar-refractivity contribution in [2.75, 3.05) is 0 Å². The van der Waals surface area contributed by atoms with E-state index in [1.165, 1.54) is 6.20 Å². The molecule has 1 N–H and O–H groups in total. The van der Waals surface area contributed by atoms with Gasteiger partial charge >= 0.3 is 0 Å². The van der Waals surface area contributed by atoms with E-state index in [0.717, 1.165) is 0 Å². The molecule has 0 bridgehead atoms. The maximum Gasteiger partial charge on any atom is 0.262 e. The first-order valence-corrected chi connectivity index (χ1v) is 2.54. The highest BCUT2D eigenvalue weighted by Crippen LogP contribution is 2.01. The van der Waals surface area contributed by atoms with Gasteiger partial charge in [-0.25, -0.2) is 4.79 Å². The Hall–Kier alpha value is -1.34. The Bertz CT molecular complexity index is 211. The number of carbonyl (C=O) groups is 1. The van der Waals surface area contributed by atoms with E-state index in [1.807, 2.05) is 0 Å². The quantitative estimate of drug-likeness (QED) is 0.357. The standard InChI is InChI=1S/C6H5NO2/c8-4-5-2-1-3-7-6(5)9/h1,3H,2H2,(H,7,9). The highest BCUT2D eigenvalue weighted by Gasteiger charge is 2.09. The van der Waals surface area contributed by atoms with Crippen molar-refractivity contribution in [3.8, 4) is 0 Å². The van der Waals surface area contributed by atoms with Gasteiger partial charge in [-0.2, -0.15) is 0 Å². The summed E-state index contributed by atoms with van der Waals surface area (Å²) in [6.45, 7) is 0. The van der Waals surface area contributed by atoms with Crippen molar-refractivity contribution in [1.82, 2.24) is 5.32 Å². The fourth-order valence-electron chi connectivity index (χ4n) is 0.579. The summed E-state index contributed by atoms with van der Waals surface area (Å²) in [4.78, 5) is 20.5. The van der Waals surface area contributed by atoms with Gasteiger partial charge in [0.15, 0.2) is 0 Å². The summed E-state index contributed by atoms with van der Waals surface area (Å²) in [5.41, 5.74) is 0.164. The number of rotatable bonds is 0. The smallest absolute Gasteiger partial charge is 0.262 e. The van der Waals surface area contributed by atoms with Crippen LogP contribution in [0.2, 0.25) is 0 Å². The zero-order chi connectivity index (χ0) is 6.69. The summed E-state index contributed by atoms with van der Waals surface area (Å²) in [6, 6.07) is 0. The number of carbonyl (C=O) groups excluding carboxylic acids is 2. The summed E-state index contributed by atoms with van der Waals surface area (Å²) in [7, 11) is 0. The van der Waals surface area contributed by atoms with E-state index < -0.39 is 0 Å². The number of amides is 1. The number of hydrogen-bond acceptors (Lipinski definition) is 2. The van der Waals surface area contributed by atoms with E-state index in [9.17, 15) is 9.59 Å². The molecule has 0 unspecified atom stereocenters. The third kappa shape index (κ3) is 1.06. The van der Waals surface area contributed by atoms with Crippen LogP contribution in [-0.2, 0) is 9.59 Å². The maximum atomic E-state index is 10.6. The summed E-state index contributed by atoms with van der Waals surface area (Å²) < 4.78 is 0. The van der Waals surface area contributed by atoms with Crippen molar-refractivity contribution in [3.63, 3.8) is 0 Å². The molecule has 1 rings (SSSR count). The minimum atomic E-state index is -0.340. The zero-order valence-corrected chi connectivity index (χ0v) is 4.68. The normalized spacial score (nSPS) is 16.9. The molecule has 0 aliphatic carbocycles. The summed E-state index contributed by atoms with van der Waals surface area (Å²) >= 11 is 0. The molecule has 3 heteroatoms. The lowest BCUT2D eigenvalue weighted by atomic mass is 10.1. The summed E-state index contributed by atoms with van der Waals surface area (Å²) in [6.07, 6.45) is 3.61. The van der Waals surface area contributed by atoms with Gasteiger partial charge in [-0.05, 0) is 0 Å². The van der Waals surface area contributed by atoms with Crippen molar-refractivity contribution in [2.45, 2.75) is 6.42 Å². The lowest BCUT2D eigenvalue weighted by molar-refractivity contribution is -0.116. The molecule has 0 saturated carbocycles. The Kier molecular flexibility index (Phi) is 1.47. The van der Waals surface area contributed by atoms with Crippen LogP contribution in [0.4, 0.5) is 0 Å². The minimum absolute atomic E-state index is 0.164. The van der Waals surface area contributed by atoms with Crippen molar-refractivity contribution in [2.24, 2.45) is 0 Å². The Morgan fingerprint density at radius 1 is 1.67 bits per heavy atom.